The molecule has 0 fully saturated rings. The summed E-state index contributed by atoms with van der Waals surface area (Å²) >= 11 is 0. The van der Waals surface area contributed by atoms with Crippen LogP contribution in [0, 0.1) is 0 Å². The number of hydrogen-bond donors (Lipinski definition) is 2. The van der Waals surface area contributed by atoms with Crippen molar-refractivity contribution in [2.45, 2.75) is 79.1 Å². The number of quaternary nitrogens is 1. The SMILES string of the molecule is CCCC[N+](CCCC)(CCCC)CCCC.O=[PH](O)O[PH](=O)O. The smallest absolute Gasteiger partial charge is 0.323 e. The van der Waals surface area contributed by atoms with Gasteiger partial charge < -0.3 is 14.3 Å². The predicted octanol–water partition coefficient (Wildman–Crippen LogP) is 4.77. The molecular formula is C16H40NO5P2+. The van der Waals surface area contributed by atoms with Gasteiger partial charge in [-0.1, -0.05) is 53.4 Å². The van der Waals surface area contributed by atoms with Crippen LogP contribution in [0.25, 0.3) is 0 Å². The summed E-state index contributed by atoms with van der Waals surface area (Å²) in [5.41, 5.74) is 0. The molecule has 0 amide bonds. The molecule has 2 unspecified atom stereocenters. The second-order valence-electron chi connectivity index (χ2n) is 6.28. The van der Waals surface area contributed by atoms with Crippen molar-refractivity contribution in [2.24, 2.45) is 0 Å². The fourth-order valence-electron chi connectivity index (χ4n) is 2.72. The quantitative estimate of drug-likeness (QED) is 0.331. The summed E-state index contributed by atoms with van der Waals surface area (Å²) in [4.78, 5) is 15.4. The summed E-state index contributed by atoms with van der Waals surface area (Å²) < 4.78 is 23.8. The molecule has 0 aliphatic heterocycles. The van der Waals surface area contributed by atoms with E-state index < -0.39 is 16.5 Å². The zero-order valence-electron chi connectivity index (χ0n) is 16.1. The van der Waals surface area contributed by atoms with Crippen molar-refractivity contribution in [3.8, 4) is 0 Å². The number of hydrogen-bond acceptors (Lipinski definition) is 3. The molecule has 148 valence electrons. The molecule has 2 N–H and O–H groups in total. The Kier molecular flexibility index (Phi) is 20.0. The Morgan fingerprint density at radius 2 is 0.917 bits per heavy atom. The molecule has 2 atom stereocenters. The van der Waals surface area contributed by atoms with Crippen molar-refractivity contribution >= 4 is 16.5 Å². The average molecular weight is 388 g/mol. The van der Waals surface area contributed by atoms with Crippen LogP contribution >= 0.6 is 16.5 Å². The van der Waals surface area contributed by atoms with Crippen LogP contribution in [-0.4, -0.2) is 40.4 Å². The summed E-state index contributed by atoms with van der Waals surface area (Å²) in [5.74, 6) is 0. The van der Waals surface area contributed by atoms with E-state index in [1.54, 1.807) is 0 Å². The van der Waals surface area contributed by atoms with Gasteiger partial charge in [0.2, 0.25) is 0 Å². The lowest BCUT2D eigenvalue weighted by molar-refractivity contribution is -0.929. The third-order valence-electron chi connectivity index (χ3n) is 4.12. The highest BCUT2D eigenvalue weighted by molar-refractivity contribution is 7.46. The van der Waals surface area contributed by atoms with Crippen LogP contribution in [0.3, 0.4) is 0 Å². The summed E-state index contributed by atoms with van der Waals surface area (Å²) in [5, 5.41) is 0. The molecule has 24 heavy (non-hydrogen) atoms. The van der Waals surface area contributed by atoms with Gasteiger partial charge in [0.25, 0.3) is 0 Å². The van der Waals surface area contributed by atoms with E-state index in [-0.39, 0.29) is 0 Å². The van der Waals surface area contributed by atoms with E-state index in [4.69, 9.17) is 9.79 Å². The van der Waals surface area contributed by atoms with Crippen molar-refractivity contribution in [3.05, 3.63) is 0 Å². The van der Waals surface area contributed by atoms with Crippen molar-refractivity contribution in [1.29, 1.82) is 0 Å². The summed E-state index contributed by atoms with van der Waals surface area (Å²) in [6.07, 6.45) is 11.1. The minimum atomic E-state index is -3.20. The molecule has 0 spiro atoms. The highest BCUT2D eigenvalue weighted by atomic mass is 31.2. The van der Waals surface area contributed by atoms with E-state index in [0.717, 1.165) is 0 Å². The number of rotatable bonds is 14. The lowest BCUT2D eigenvalue weighted by atomic mass is 10.1. The predicted molar refractivity (Wildman–Crippen MR) is 103 cm³/mol. The molecule has 0 aromatic rings. The summed E-state index contributed by atoms with van der Waals surface area (Å²) in [7, 11) is -6.40. The van der Waals surface area contributed by atoms with Gasteiger partial charge in [-0.15, -0.1) is 0 Å². The van der Waals surface area contributed by atoms with Gasteiger partial charge in [-0.05, 0) is 25.7 Å². The van der Waals surface area contributed by atoms with Crippen molar-refractivity contribution in [3.63, 3.8) is 0 Å². The first-order valence-corrected chi connectivity index (χ1v) is 11.9. The van der Waals surface area contributed by atoms with Crippen molar-refractivity contribution < 1.29 is 27.7 Å². The second kappa shape index (κ2) is 18.1. The minimum Gasteiger partial charge on any atom is -0.326 e. The van der Waals surface area contributed by atoms with E-state index in [1.165, 1.54) is 82.0 Å². The van der Waals surface area contributed by atoms with Crippen LogP contribution in [0.4, 0.5) is 0 Å². The first kappa shape index (κ1) is 26.5. The monoisotopic (exact) mass is 388 g/mol. The Labute approximate surface area is 150 Å². The van der Waals surface area contributed by atoms with Gasteiger partial charge in [0.15, 0.2) is 0 Å². The van der Waals surface area contributed by atoms with E-state index in [9.17, 15) is 9.13 Å². The molecule has 0 aromatic heterocycles. The van der Waals surface area contributed by atoms with Crippen molar-refractivity contribution in [1.82, 2.24) is 0 Å². The highest BCUT2D eigenvalue weighted by Gasteiger charge is 2.24. The van der Waals surface area contributed by atoms with Crippen molar-refractivity contribution in [2.75, 3.05) is 26.2 Å². The van der Waals surface area contributed by atoms with E-state index in [0.29, 0.717) is 0 Å². The lowest BCUT2D eigenvalue weighted by Gasteiger charge is -2.39. The topological polar surface area (TPSA) is 83.8 Å². The number of unbranched alkanes of at least 4 members (excludes halogenated alkanes) is 4. The minimum absolute atomic E-state index is 1.35. The Bertz CT molecular complexity index is 280. The molecule has 0 aliphatic carbocycles. The van der Waals surface area contributed by atoms with E-state index >= 15 is 0 Å². The zero-order valence-corrected chi connectivity index (χ0v) is 18.1. The third-order valence-corrected chi connectivity index (χ3v) is 5.52. The average Bonchev–Trinajstić information content (AvgIpc) is 2.53. The fourth-order valence-corrected chi connectivity index (χ4v) is 3.32. The van der Waals surface area contributed by atoms with Crippen LogP contribution < -0.4 is 0 Å². The van der Waals surface area contributed by atoms with Gasteiger partial charge in [-0.2, -0.15) is 0 Å². The molecule has 0 aromatic carbocycles. The Morgan fingerprint density at radius 3 is 1.04 bits per heavy atom. The Balaban J connectivity index is 0. The highest BCUT2D eigenvalue weighted by Crippen LogP contribution is 2.30. The Hall–Kier alpha value is 0.300. The third kappa shape index (κ3) is 17.1. The van der Waals surface area contributed by atoms with Gasteiger partial charge in [0.05, 0.1) is 26.2 Å². The first-order chi connectivity index (χ1) is 11.4. The summed E-state index contributed by atoms with van der Waals surface area (Å²) in [6, 6.07) is 0. The Morgan fingerprint density at radius 1 is 0.667 bits per heavy atom. The number of nitrogens with zero attached hydrogens (tertiary/aromatic N) is 1. The molecule has 0 rings (SSSR count). The standard InChI is InChI=1S/C16H36N.H4O5P2/c1-5-9-13-17(14-10-6-2,15-11-7-3)16-12-8-4;1-6(2)5-7(3)4/h5-16H2,1-4H3;6-7H,(H,1,2)(H,3,4)/q+1;. The molecule has 6 nitrogen and oxygen atoms in total. The van der Waals surface area contributed by atoms with Gasteiger partial charge in [0.1, 0.15) is 0 Å². The van der Waals surface area contributed by atoms with Crippen LogP contribution in [0.5, 0.6) is 0 Å². The fraction of sp³-hybridized carbons (Fsp3) is 1.00. The molecule has 0 bridgehead atoms. The van der Waals surface area contributed by atoms with Crippen LogP contribution in [0.15, 0.2) is 0 Å². The van der Waals surface area contributed by atoms with E-state index in [1.807, 2.05) is 0 Å². The molecule has 0 saturated heterocycles. The summed E-state index contributed by atoms with van der Waals surface area (Å²) in [6.45, 7) is 15.0. The van der Waals surface area contributed by atoms with Gasteiger partial charge in [-0.25, -0.2) is 4.31 Å². The zero-order chi connectivity index (χ0) is 18.8. The molecular weight excluding hydrogens is 348 g/mol. The molecule has 8 heteroatoms. The van der Waals surface area contributed by atoms with Gasteiger partial charge in [0, 0.05) is 0 Å². The van der Waals surface area contributed by atoms with Crippen LogP contribution in [-0.2, 0) is 13.4 Å². The molecule has 0 saturated carbocycles. The molecule has 0 heterocycles. The van der Waals surface area contributed by atoms with Gasteiger partial charge in [-0.3, -0.25) is 9.13 Å². The van der Waals surface area contributed by atoms with Gasteiger partial charge >= 0.3 is 16.5 Å². The maximum absolute atomic E-state index is 9.44. The largest absolute Gasteiger partial charge is 0.326 e. The molecule has 0 radical (unpaired) electrons. The maximum atomic E-state index is 9.44. The normalized spacial score (nSPS) is 13.9. The van der Waals surface area contributed by atoms with Crippen LogP contribution in [0.1, 0.15) is 79.1 Å². The lowest BCUT2D eigenvalue weighted by Crippen LogP contribution is -2.50. The first-order valence-electron chi connectivity index (χ1n) is 9.36. The molecule has 0 aliphatic rings. The van der Waals surface area contributed by atoms with E-state index in [2.05, 4.69) is 32.0 Å². The maximum Gasteiger partial charge on any atom is 0.323 e. The second-order valence-corrected chi connectivity index (χ2v) is 8.16. The van der Waals surface area contributed by atoms with Crippen LogP contribution in [0.2, 0.25) is 0 Å².